The van der Waals surface area contributed by atoms with Crippen LogP contribution in [0.25, 0.3) is 5.65 Å². The highest BCUT2D eigenvalue weighted by Gasteiger charge is 2.46. The molecular weight excluding hydrogens is 653 g/mol. The molecule has 16 heteroatoms. The Kier molecular flexibility index (Phi) is 8.48. The molecule has 4 aromatic rings. The molecule has 0 bridgehead atoms. The van der Waals surface area contributed by atoms with Crippen LogP contribution < -0.4 is 4.74 Å². The Morgan fingerprint density at radius 2 is 1.85 bits per heavy atom. The number of rotatable bonds is 6. The second-order valence-electron chi connectivity index (χ2n) is 12.8. The van der Waals surface area contributed by atoms with Crippen LogP contribution in [-0.2, 0) is 37.0 Å². The predicted octanol–water partition coefficient (Wildman–Crippen LogP) is 4.62. The van der Waals surface area contributed by atoms with Crippen LogP contribution in [0.15, 0.2) is 47.8 Å². The summed E-state index contributed by atoms with van der Waals surface area (Å²) in [5, 5.41) is 7.19. The van der Waals surface area contributed by atoms with Crippen molar-refractivity contribution in [2.45, 2.75) is 69.7 Å². The smallest absolute Gasteiger partial charge is 0.452 e. The summed E-state index contributed by atoms with van der Waals surface area (Å²) in [5.41, 5.74) is 0.392. The highest BCUT2D eigenvalue weighted by molar-refractivity contribution is 7.89. The van der Waals surface area contributed by atoms with Gasteiger partial charge in [0.1, 0.15) is 10.5 Å². The number of nitrogens with zero attached hydrogens (tertiary/aromatic N) is 6. The summed E-state index contributed by atoms with van der Waals surface area (Å²) >= 11 is 0. The van der Waals surface area contributed by atoms with E-state index in [1.165, 1.54) is 35.9 Å². The molecular formula is C32H35F3N6O6S. The molecule has 0 saturated carbocycles. The van der Waals surface area contributed by atoms with Crippen molar-refractivity contribution in [1.29, 1.82) is 0 Å². The lowest BCUT2D eigenvalue weighted by Gasteiger charge is -2.38. The summed E-state index contributed by atoms with van der Waals surface area (Å²) in [4.78, 5) is 22.2. The number of sulfonamides is 1. The molecule has 0 radical (unpaired) electrons. The maximum Gasteiger partial charge on any atom is 0.452 e. The summed E-state index contributed by atoms with van der Waals surface area (Å²) in [6, 6.07) is 6.24. The zero-order chi connectivity index (χ0) is 34.6. The fraction of sp³-hybridized carbons (Fsp3) is 0.469. The van der Waals surface area contributed by atoms with E-state index in [1.807, 2.05) is 0 Å². The van der Waals surface area contributed by atoms with E-state index in [0.29, 0.717) is 54.0 Å². The number of ether oxygens (including phenoxy) is 3. The number of fused-ring (bicyclic) bond motifs is 2. The number of esters is 1. The second-order valence-corrected chi connectivity index (χ2v) is 14.7. The topological polar surface area (TPSA) is 138 Å². The maximum atomic E-state index is 14.1. The predicted molar refractivity (Wildman–Crippen MR) is 165 cm³/mol. The lowest BCUT2D eigenvalue weighted by Crippen LogP contribution is -2.50. The van der Waals surface area contributed by atoms with Gasteiger partial charge in [0, 0.05) is 49.6 Å². The Bertz CT molecular complexity index is 1990. The molecule has 1 saturated heterocycles. The number of hydrogen-bond donors (Lipinski definition) is 0. The van der Waals surface area contributed by atoms with Gasteiger partial charge in [-0.05, 0) is 74.2 Å². The highest BCUT2D eigenvalue weighted by Crippen LogP contribution is 2.44. The molecule has 2 aliphatic rings. The lowest BCUT2D eigenvalue weighted by molar-refractivity contribution is -0.151. The molecule has 0 N–H and O–H groups in total. The molecule has 0 aliphatic carbocycles. The molecule has 12 nitrogen and oxygen atoms in total. The Balaban J connectivity index is 1.47. The highest BCUT2D eigenvalue weighted by atomic mass is 32.2. The summed E-state index contributed by atoms with van der Waals surface area (Å²) in [6.07, 6.45) is 0.500. The Labute approximate surface area is 275 Å². The first-order chi connectivity index (χ1) is 22.6. The average molecular weight is 689 g/mol. The number of aryl methyl sites for hydroxylation is 2. The first kappa shape index (κ1) is 33.7. The third kappa shape index (κ3) is 5.79. The van der Waals surface area contributed by atoms with Gasteiger partial charge in [-0.25, -0.2) is 13.4 Å². The van der Waals surface area contributed by atoms with Crippen LogP contribution in [0.4, 0.5) is 13.2 Å². The van der Waals surface area contributed by atoms with Crippen molar-refractivity contribution in [2.75, 3.05) is 26.9 Å². The first-order valence-corrected chi connectivity index (χ1v) is 16.7. The second kappa shape index (κ2) is 12.1. The number of hydrogen-bond acceptors (Lipinski definition) is 10. The molecule has 1 atom stereocenters. The van der Waals surface area contributed by atoms with E-state index >= 15 is 0 Å². The van der Waals surface area contributed by atoms with Crippen molar-refractivity contribution in [3.05, 3.63) is 76.6 Å². The molecule has 6 heterocycles. The monoisotopic (exact) mass is 688 g/mol. The summed E-state index contributed by atoms with van der Waals surface area (Å²) in [7, 11) is -2.83. The van der Waals surface area contributed by atoms with E-state index in [4.69, 9.17) is 14.2 Å². The van der Waals surface area contributed by atoms with Gasteiger partial charge in [-0.2, -0.15) is 17.5 Å². The van der Waals surface area contributed by atoms with Crippen LogP contribution in [-0.4, -0.2) is 75.7 Å². The number of methoxy groups -OCH3 is 1. The molecule has 1 unspecified atom stereocenters. The van der Waals surface area contributed by atoms with Crippen LogP contribution in [0.1, 0.15) is 66.4 Å². The third-order valence-electron chi connectivity index (χ3n) is 9.28. The van der Waals surface area contributed by atoms with Crippen molar-refractivity contribution in [3.8, 4) is 5.88 Å². The Morgan fingerprint density at radius 3 is 2.54 bits per heavy atom. The number of alkyl halides is 3. The van der Waals surface area contributed by atoms with Gasteiger partial charge in [-0.1, -0.05) is 0 Å². The van der Waals surface area contributed by atoms with E-state index in [0.717, 1.165) is 4.40 Å². The quantitative estimate of drug-likeness (QED) is 0.264. The van der Waals surface area contributed by atoms with E-state index in [9.17, 15) is 26.4 Å². The number of carbonyl (C=O) groups excluding carboxylic acids is 1. The van der Waals surface area contributed by atoms with Crippen molar-refractivity contribution < 1.29 is 40.6 Å². The molecule has 2 aliphatic heterocycles. The number of halogens is 3. The van der Waals surface area contributed by atoms with Gasteiger partial charge in [-0.15, -0.1) is 10.2 Å². The van der Waals surface area contributed by atoms with Gasteiger partial charge in [-0.3, -0.25) is 14.2 Å². The van der Waals surface area contributed by atoms with Crippen molar-refractivity contribution in [2.24, 2.45) is 5.41 Å². The van der Waals surface area contributed by atoms with Gasteiger partial charge < -0.3 is 14.2 Å². The summed E-state index contributed by atoms with van der Waals surface area (Å²) in [6.45, 7) is 7.54. The van der Waals surface area contributed by atoms with Crippen LogP contribution in [0.2, 0.25) is 0 Å². The number of carbonyl (C=O) groups is 1. The van der Waals surface area contributed by atoms with Crippen molar-refractivity contribution in [3.63, 3.8) is 0 Å². The minimum absolute atomic E-state index is 0.0254. The largest absolute Gasteiger partial charge is 0.469 e. The fourth-order valence-corrected chi connectivity index (χ4v) is 8.14. The zero-order valence-electron chi connectivity index (χ0n) is 27.0. The van der Waals surface area contributed by atoms with E-state index < -0.39 is 44.9 Å². The number of pyridine rings is 3. The fourth-order valence-electron chi connectivity index (χ4n) is 6.58. The van der Waals surface area contributed by atoms with Gasteiger partial charge in [0.05, 0.1) is 32.3 Å². The van der Waals surface area contributed by atoms with Gasteiger partial charge in [0.2, 0.25) is 21.7 Å². The van der Waals surface area contributed by atoms with E-state index in [2.05, 4.69) is 20.2 Å². The first-order valence-electron chi connectivity index (χ1n) is 15.3. The van der Waals surface area contributed by atoms with Crippen LogP contribution >= 0.6 is 0 Å². The molecule has 0 aromatic carbocycles. The van der Waals surface area contributed by atoms with Crippen molar-refractivity contribution in [1.82, 2.24) is 28.9 Å². The molecule has 0 amide bonds. The zero-order valence-corrected chi connectivity index (χ0v) is 27.9. The Hall–Kier alpha value is -4.15. The standard InChI is InChI=1S/C32H35F3N6O6S/c1-19-16-37-23(25(30(3,4)29(42)45-5)22-8-12-41-26(20(22)2)38-39-28(41)32(33,34)35)15-21(19)17-40-18-31(9-13-46-14-10-31)47-27-24(48(40,43)44)7-6-11-36-27/h6-8,11-12,15-16,25H,9-10,13-14,17-18H2,1-5H3. The summed E-state index contributed by atoms with van der Waals surface area (Å²) in [5.74, 6) is -2.54. The van der Waals surface area contributed by atoms with Gasteiger partial charge in [0.25, 0.3) is 0 Å². The Morgan fingerprint density at radius 1 is 1.12 bits per heavy atom. The van der Waals surface area contributed by atoms with Gasteiger partial charge >= 0.3 is 12.1 Å². The van der Waals surface area contributed by atoms with Gasteiger partial charge in [0.15, 0.2) is 5.65 Å². The third-order valence-corrected chi connectivity index (χ3v) is 11.1. The average Bonchev–Trinajstić information content (AvgIpc) is 3.46. The van der Waals surface area contributed by atoms with Crippen LogP contribution in [0.5, 0.6) is 5.88 Å². The van der Waals surface area contributed by atoms with Crippen LogP contribution in [0.3, 0.4) is 0 Å². The minimum atomic E-state index is -4.73. The summed E-state index contributed by atoms with van der Waals surface area (Å²) < 4.78 is 88.5. The number of aromatic nitrogens is 5. The maximum absolute atomic E-state index is 14.1. The van der Waals surface area contributed by atoms with Crippen LogP contribution in [0, 0.1) is 19.3 Å². The normalized spacial score (nSPS) is 18.6. The molecule has 256 valence electrons. The molecule has 1 spiro atoms. The molecule has 6 rings (SSSR count). The van der Waals surface area contributed by atoms with Crippen molar-refractivity contribution >= 4 is 21.6 Å². The molecule has 1 fully saturated rings. The van der Waals surface area contributed by atoms with E-state index in [-0.39, 0.29) is 29.5 Å². The molecule has 48 heavy (non-hydrogen) atoms. The lowest BCUT2D eigenvalue weighted by atomic mass is 9.71. The minimum Gasteiger partial charge on any atom is -0.469 e. The SMILES string of the molecule is COC(=O)C(C)(C)C(c1cc(CN2CC3(CCOCC3)Oc3ncccc3S2(=O)=O)c(C)cn1)c1ccn2c(C(F)(F)F)nnc2c1C. The van der Waals surface area contributed by atoms with E-state index in [1.54, 1.807) is 46.0 Å². The molecule has 4 aromatic heterocycles.